The molecular formula is C14H16F2N2. The fourth-order valence-corrected chi connectivity index (χ4v) is 2.42. The normalized spacial score (nSPS) is 16.3. The van der Waals surface area contributed by atoms with Gasteiger partial charge in [-0.1, -0.05) is 19.3 Å². The molecule has 1 aliphatic carbocycles. The van der Waals surface area contributed by atoms with Gasteiger partial charge in [0.05, 0.1) is 11.3 Å². The lowest BCUT2D eigenvalue weighted by Crippen LogP contribution is -2.18. The molecule has 0 heterocycles. The highest BCUT2D eigenvalue weighted by Gasteiger charge is 2.16. The minimum atomic E-state index is -1.06. The molecule has 1 aromatic rings. The molecule has 0 aromatic heterocycles. The quantitative estimate of drug-likeness (QED) is 0.885. The van der Waals surface area contributed by atoms with Gasteiger partial charge >= 0.3 is 0 Å². The highest BCUT2D eigenvalue weighted by Crippen LogP contribution is 2.25. The van der Waals surface area contributed by atoms with Crippen molar-refractivity contribution in [3.05, 3.63) is 29.3 Å². The molecule has 2 nitrogen and oxygen atoms in total. The van der Waals surface area contributed by atoms with Crippen molar-refractivity contribution < 1.29 is 8.78 Å². The molecule has 18 heavy (non-hydrogen) atoms. The van der Waals surface area contributed by atoms with Crippen LogP contribution in [0, 0.1) is 28.9 Å². The van der Waals surface area contributed by atoms with E-state index in [2.05, 4.69) is 5.32 Å². The molecule has 0 spiro atoms. The van der Waals surface area contributed by atoms with Crippen LogP contribution in [0.15, 0.2) is 12.1 Å². The summed E-state index contributed by atoms with van der Waals surface area (Å²) in [5, 5.41) is 11.5. The summed E-state index contributed by atoms with van der Waals surface area (Å²) in [6, 6.07) is 4.36. The largest absolute Gasteiger partial charge is 0.382 e. The van der Waals surface area contributed by atoms with Gasteiger partial charge in [0.25, 0.3) is 0 Å². The number of nitrogens with zero attached hydrogens (tertiary/aromatic N) is 1. The Morgan fingerprint density at radius 1 is 1.17 bits per heavy atom. The third-order valence-electron chi connectivity index (χ3n) is 3.51. The van der Waals surface area contributed by atoms with Gasteiger partial charge in [-0.3, -0.25) is 0 Å². The van der Waals surface area contributed by atoms with E-state index in [-0.39, 0.29) is 11.3 Å². The van der Waals surface area contributed by atoms with Crippen LogP contribution in [0.5, 0.6) is 0 Å². The first-order chi connectivity index (χ1) is 8.72. The molecule has 0 aliphatic heterocycles. The third-order valence-corrected chi connectivity index (χ3v) is 3.51. The standard InChI is InChI=1S/C14H16F2N2/c15-13-11(8-17)6-7-12(14(13)16)18-9-10-4-2-1-3-5-10/h6-7,10,18H,1-5,9H2. The summed E-state index contributed by atoms with van der Waals surface area (Å²) in [6.07, 6.45) is 6.00. The van der Waals surface area contributed by atoms with E-state index >= 15 is 0 Å². The van der Waals surface area contributed by atoms with Crippen molar-refractivity contribution in [1.82, 2.24) is 0 Å². The second-order valence-corrected chi connectivity index (χ2v) is 4.79. The van der Waals surface area contributed by atoms with Gasteiger partial charge in [0.2, 0.25) is 0 Å². The van der Waals surface area contributed by atoms with Crippen LogP contribution in [0.4, 0.5) is 14.5 Å². The number of nitriles is 1. The number of benzene rings is 1. The molecule has 1 fully saturated rings. The van der Waals surface area contributed by atoms with Crippen LogP contribution in [-0.2, 0) is 0 Å². The van der Waals surface area contributed by atoms with Crippen molar-refractivity contribution in [3.63, 3.8) is 0 Å². The molecule has 0 atom stereocenters. The minimum Gasteiger partial charge on any atom is -0.382 e. The zero-order valence-corrected chi connectivity index (χ0v) is 10.2. The average Bonchev–Trinajstić information content (AvgIpc) is 2.42. The molecule has 0 radical (unpaired) electrons. The molecule has 1 saturated carbocycles. The van der Waals surface area contributed by atoms with E-state index < -0.39 is 11.6 Å². The lowest BCUT2D eigenvalue weighted by molar-refractivity contribution is 0.373. The third kappa shape index (κ3) is 2.79. The van der Waals surface area contributed by atoms with Crippen LogP contribution in [0.25, 0.3) is 0 Å². The Hall–Kier alpha value is -1.63. The van der Waals surface area contributed by atoms with Gasteiger partial charge in [0, 0.05) is 6.54 Å². The van der Waals surface area contributed by atoms with Crippen molar-refractivity contribution >= 4 is 5.69 Å². The predicted octanol–water partition coefficient (Wildman–Crippen LogP) is 3.83. The van der Waals surface area contributed by atoms with Crippen LogP contribution >= 0.6 is 0 Å². The molecule has 0 unspecified atom stereocenters. The Morgan fingerprint density at radius 3 is 2.56 bits per heavy atom. The van der Waals surface area contributed by atoms with Crippen molar-refractivity contribution in [2.24, 2.45) is 5.92 Å². The predicted molar refractivity (Wildman–Crippen MR) is 66.1 cm³/mol. The summed E-state index contributed by atoms with van der Waals surface area (Å²) in [5.74, 6) is -1.48. The maximum atomic E-state index is 13.6. The Bertz CT molecular complexity index is 460. The number of rotatable bonds is 3. The minimum absolute atomic E-state index is 0.150. The van der Waals surface area contributed by atoms with Crippen molar-refractivity contribution in [2.45, 2.75) is 32.1 Å². The number of anilines is 1. The highest BCUT2D eigenvalue weighted by molar-refractivity contribution is 5.49. The Kier molecular flexibility index (Phi) is 4.14. The number of halogens is 2. The maximum Gasteiger partial charge on any atom is 0.183 e. The van der Waals surface area contributed by atoms with Gasteiger partial charge in [-0.25, -0.2) is 8.78 Å². The summed E-state index contributed by atoms with van der Waals surface area (Å²) in [4.78, 5) is 0. The topological polar surface area (TPSA) is 35.8 Å². The second-order valence-electron chi connectivity index (χ2n) is 4.79. The first-order valence-corrected chi connectivity index (χ1v) is 6.34. The molecule has 96 valence electrons. The molecule has 0 amide bonds. The molecule has 0 bridgehead atoms. The van der Waals surface area contributed by atoms with Gasteiger partial charge in [-0.2, -0.15) is 5.26 Å². The van der Waals surface area contributed by atoms with E-state index in [0.29, 0.717) is 12.5 Å². The summed E-state index contributed by atoms with van der Waals surface area (Å²) in [7, 11) is 0. The zero-order chi connectivity index (χ0) is 13.0. The van der Waals surface area contributed by atoms with Crippen molar-refractivity contribution in [1.29, 1.82) is 5.26 Å². The van der Waals surface area contributed by atoms with Crippen LogP contribution in [-0.4, -0.2) is 6.54 Å². The first-order valence-electron chi connectivity index (χ1n) is 6.34. The number of nitrogens with one attached hydrogen (secondary N) is 1. The molecule has 1 aliphatic rings. The number of hydrogen-bond donors (Lipinski definition) is 1. The van der Waals surface area contributed by atoms with Gasteiger partial charge < -0.3 is 5.32 Å². The van der Waals surface area contributed by atoms with Crippen molar-refractivity contribution in [3.8, 4) is 6.07 Å². The molecule has 1 N–H and O–H groups in total. The fraction of sp³-hybridized carbons (Fsp3) is 0.500. The van der Waals surface area contributed by atoms with Gasteiger partial charge in [0.15, 0.2) is 11.6 Å². The van der Waals surface area contributed by atoms with E-state index in [9.17, 15) is 8.78 Å². The summed E-state index contributed by atoms with van der Waals surface area (Å²) in [6.45, 7) is 0.669. The monoisotopic (exact) mass is 250 g/mol. The number of hydrogen-bond acceptors (Lipinski definition) is 2. The van der Waals surface area contributed by atoms with Crippen LogP contribution in [0.1, 0.15) is 37.7 Å². The van der Waals surface area contributed by atoms with E-state index in [0.717, 1.165) is 12.8 Å². The summed E-state index contributed by atoms with van der Waals surface area (Å²) < 4.78 is 27.0. The average molecular weight is 250 g/mol. The van der Waals surface area contributed by atoms with E-state index in [1.165, 1.54) is 31.4 Å². The zero-order valence-electron chi connectivity index (χ0n) is 10.2. The second kappa shape index (κ2) is 5.81. The molecule has 4 heteroatoms. The molecule has 0 saturated heterocycles. The molecule has 2 rings (SSSR count). The van der Waals surface area contributed by atoms with E-state index in [1.54, 1.807) is 6.07 Å². The van der Waals surface area contributed by atoms with Gasteiger partial charge in [0.1, 0.15) is 6.07 Å². The lowest BCUT2D eigenvalue weighted by atomic mass is 9.89. The Labute approximate surface area is 106 Å². The summed E-state index contributed by atoms with van der Waals surface area (Å²) >= 11 is 0. The maximum absolute atomic E-state index is 13.6. The lowest BCUT2D eigenvalue weighted by Gasteiger charge is -2.22. The van der Waals surface area contributed by atoms with Gasteiger partial charge in [-0.05, 0) is 30.9 Å². The summed E-state index contributed by atoms with van der Waals surface area (Å²) in [5.41, 5.74) is -0.104. The first kappa shape index (κ1) is 12.8. The fourth-order valence-electron chi connectivity index (χ4n) is 2.42. The Morgan fingerprint density at radius 2 is 1.89 bits per heavy atom. The van der Waals surface area contributed by atoms with E-state index in [4.69, 9.17) is 5.26 Å². The van der Waals surface area contributed by atoms with Crippen LogP contribution in [0.3, 0.4) is 0 Å². The highest BCUT2D eigenvalue weighted by atomic mass is 19.2. The molecule has 1 aromatic carbocycles. The van der Waals surface area contributed by atoms with Crippen molar-refractivity contribution in [2.75, 3.05) is 11.9 Å². The SMILES string of the molecule is N#Cc1ccc(NCC2CCCCC2)c(F)c1F. The van der Waals surface area contributed by atoms with Crippen LogP contribution in [0.2, 0.25) is 0 Å². The Balaban J connectivity index is 2.01. The van der Waals surface area contributed by atoms with E-state index in [1.807, 2.05) is 0 Å². The van der Waals surface area contributed by atoms with Gasteiger partial charge in [-0.15, -0.1) is 0 Å². The smallest absolute Gasteiger partial charge is 0.183 e. The van der Waals surface area contributed by atoms with Crippen LogP contribution < -0.4 is 5.32 Å². The molecular weight excluding hydrogens is 234 g/mol.